The zero-order chi connectivity index (χ0) is 9.84. The van der Waals surface area contributed by atoms with E-state index in [1.165, 1.54) is 0 Å². The molecule has 0 saturated heterocycles. The summed E-state index contributed by atoms with van der Waals surface area (Å²) < 4.78 is 2.38. The molecular formula is C8H11IN2O2. The normalized spacial score (nSPS) is 10.3. The van der Waals surface area contributed by atoms with Gasteiger partial charge in [-0.15, -0.1) is 0 Å². The molecule has 0 unspecified atom stereocenters. The molecule has 1 aromatic rings. The van der Waals surface area contributed by atoms with Crippen LogP contribution in [-0.4, -0.2) is 20.9 Å². The van der Waals surface area contributed by atoms with Crippen LogP contribution in [0.4, 0.5) is 0 Å². The Hall–Kier alpha value is -0.590. The number of aromatic nitrogens is 2. The van der Waals surface area contributed by atoms with Crippen molar-refractivity contribution in [2.45, 2.75) is 26.3 Å². The van der Waals surface area contributed by atoms with E-state index in [9.17, 15) is 4.79 Å². The molecular weight excluding hydrogens is 283 g/mol. The average Bonchev–Trinajstić information content (AvgIpc) is 2.43. The number of aryl methyl sites for hydroxylation is 1. The molecule has 72 valence electrons. The first-order valence-electron chi connectivity index (χ1n) is 4.11. The molecule has 0 atom stereocenters. The second-order valence-electron chi connectivity index (χ2n) is 2.75. The summed E-state index contributed by atoms with van der Waals surface area (Å²) in [7, 11) is 0. The number of carboxylic acid groups (broad SMARTS) is 1. The first-order chi connectivity index (χ1) is 6.15. The summed E-state index contributed by atoms with van der Waals surface area (Å²) in [5.41, 5.74) is 0.150. The van der Waals surface area contributed by atoms with E-state index in [-0.39, 0.29) is 5.69 Å². The molecule has 0 amide bonds. The third-order valence-electron chi connectivity index (χ3n) is 1.66. The highest BCUT2D eigenvalue weighted by atomic mass is 127. The first-order valence-corrected chi connectivity index (χ1v) is 5.19. The van der Waals surface area contributed by atoms with Gasteiger partial charge in [-0.05, 0) is 29.0 Å². The summed E-state index contributed by atoms with van der Waals surface area (Å²) >= 11 is 1.98. The predicted octanol–water partition coefficient (Wildman–Crippen LogP) is 1.99. The highest BCUT2D eigenvalue weighted by Gasteiger charge is 2.12. The lowest BCUT2D eigenvalue weighted by molar-refractivity contribution is 0.0688. The summed E-state index contributed by atoms with van der Waals surface area (Å²) in [5, 5.41) is 12.7. The zero-order valence-corrected chi connectivity index (χ0v) is 9.48. The van der Waals surface area contributed by atoms with E-state index in [4.69, 9.17) is 5.11 Å². The van der Waals surface area contributed by atoms with Crippen molar-refractivity contribution in [2.24, 2.45) is 0 Å². The van der Waals surface area contributed by atoms with Crippen molar-refractivity contribution < 1.29 is 9.90 Å². The zero-order valence-electron chi connectivity index (χ0n) is 7.33. The Morgan fingerprint density at radius 3 is 2.92 bits per heavy atom. The molecule has 0 aliphatic heterocycles. The molecule has 0 fully saturated rings. The molecule has 0 spiro atoms. The Morgan fingerprint density at radius 1 is 1.77 bits per heavy atom. The number of hydrogen-bond acceptors (Lipinski definition) is 2. The van der Waals surface area contributed by atoms with Gasteiger partial charge in [0, 0.05) is 12.7 Å². The summed E-state index contributed by atoms with van der Waals surface area (Å²) in [4.78, 5) is 10.6. The van der Waals surface area contributed by atoms with Crippen LogP contribution in [-0.2, 0) is 6.54 Å². The number of halogens is 1. The van der Waals surface area contributed by atoms with Crippen LogP contribution in [0.25, 0.3) is 0 Å². The molecule has 0 bridgehead atoms. The molecule has 1 aromatic heterocycles. The van der Waals surface area contributed by atoms with Crippen LogP contribution in [0.15, 0.2) is 6.20 Å². The average molecular weight is 294 g/mol. The van der Waals surface area contributed by atoms with Gasteiger partial charge in [-0.3, -0.25) is 4.68 Å². The van der Waals surface area contributed by atoms with E-state index >= 15 is 0 Å². The number of hydrogen-bond donors (Lipinski definition) is 1. The third kappa shape index (κ3) is 2.68. The van der Waals surface area contributed by atoms with Crippen LogP contribution >= 0.6 is 22.6 Å². The fourth-order valence-electron chi connectivity index (χ4n) is 0.977. The molecule has 0 aliphatic carbocycles. The highest BCUT2D eigenvalue weighted by Crippen LogP contribution is 2.10. The summed E-state index contributed by atoms with van der Waals surface area (Å²) in [6, 6.07) is 0. The Kier molecular flexibility index (Phi) is 3.71. The molecule has 13 heavy (non-hydrogen) atoms. The second kappa shape index (κ2) is 4.59. The summed E-state index contributed by atoms with van der Waals surface area (Å²) in [5.74, 6) is -0.959. The van der Waals surface area contributed by atoms with Crippen LogP contribution in [0.3, 0.4) is 0 Å². The van der Waals surface area contributed by atoms with Gasteiger partial charge in [-0.2, -0.15) is 5.10 Å². The van der Waals surface area contributed by atoms with Gasteiger partial charge < -0.3 is 5.11 Å². The smallest absolute Gasteiger partial charge is 0.357 e. The topological polar surface area (TPSA) is 55.1 Å². The molecule has 4 nitrogen and oxygen atoms in total. The van der Waals surface area contributed by atoms with Gasteiger partial charge in [0.15, 0.2) is 5.69 Å². The largest absolute Gasteiger partial charge is 0.476 e. The number of carbonyl (C=O) groups is 1. The molecule has 1 N–H and O–H groups in total. The second-order valence-corrected chi connectivity index (χ2v) is 3.91. The van der Waals surface area contributed by atoms with Gasteiger partial charge in [-0.1, -0.05) is 13.3 Å². The number of rotatable bonds is 4. The fourth-order valence-corrected chi connectivity index (χ4v) is 1.64. The van der Waals surface area contributed by atoms with Gasteiger partial charge in [0.1, 0.15) is 0 Å². The number of nitrogens with zero attached hydrogens (tertiary/aromatic N) is 2. The highest BCUT2D eigenvalue weighted by molar-refractivity contribution is 14.1. The van der Waals surface area contributed by atoms with Crippen LogP contribution in [0.5, 0.6) is 0 Å². The Balaban J connectivity index is 2.76. The maximum atomic E-state index is 10.6. The van der Waals surface area contributed by atoms with Crippen molar-refractivity contribution in [1.29, 1.82) is 0 Å². The van der Waals surface area contributed by atoms with E-state index in [0.717, 1.165) is 19.4 Å². The van der Waals surface area contributed by atoms with Gasteiger partial charge in [0.25, 0.3) is 0 Å². The lowest BCUT2D eigenvalue weighted by atomic mass is 10.3. The lowest BCUT2D eigenvalue weighted by Gasteiger charge is -1.96. The quantitative estimate of drug-likeness (QED) is 0.864. The maximum Gasteiger partial charge on any atom is 0.357 e. The van der Waals surface area contributed by atoms with Gasteiger partial charge in [-0.25, -0.2) is 4.79 Å². The van der Waals surface area contributed by atoms with Crippen molar-refractivity contribution in [2.75, 3.05) is 0 Å². The Bertz CT molecular complexity index is 309. The van der Waals surface area contributed by atoms with E-state index in [1.807, 2.05) is 22.6 Å². The van der Waals surface area contributed by atoms with Crippen molar-refractivity contribution in [3.8, 4) is 0 Å². The Morgan fingerprint density at radius 2 is 2.46 bits per heavy atom. The first kappa shape index (κ1) is 10.5. The van der Waals surface area contributed by atoms with Crippen LogP contribution in [0.1, 0.15) is 30.3 Å². The third-order valence-corrected chi connectivity index (χ3v) is 2.45. The van der Waals surface area contributed by atoms with Crippen molar-refractivity contribution in [3.05, 3.63) is 15.5 Å². The minimum absolute atomic E-state index is 0.150. The van der Waals surface area contributed by atoms with E-state index in [2.05, 4.69) is 12.0 Å². The lowest BCUT2D eigenvalue weighted by Crippen LogP contribution is -2.03. The molecule has 0 aromatic carbocycles. The molecule has 5 heteroatoms. The van der Waals surface area contributed by atoms with Crippen LogP contribution in [0, 0.1) is 3.57 Å². The number of carboxylic acids is 1. The van der Waals surface area contributed by atoms with Crippen molar-refractivity contribution >= 4 is 28.6 Å². The molecule has 0 radical (unpaired) electrons. The predicted molar refractivity (Wildman–Crippen MR) is 56.8 cm³/mol. The standard InChI is InChI=1S/C8H11IN2O2/c1-2-3-4-11-5-6(9)7(10-11)8(12)13/h5H,2-4H2,1H3,(H,12,13). The fraction of sp³-hybridized carbons (Fsp3) is 0.500. The van der Waals surface area contributed by atoms with Crippen molar-refractivity contribution in [1.82, 2.24) is 9.78 Å². The van der Waals surface area contributed by atoms with E-state index in [0.29, 0.717) is 3.57 Å². The summed E-state index contributed by atoms with van der Waals surface area (Å²) in [6.45, 7) is 2.88. The monoisotopic (exact) mass is 294 g/mol. The molecule has 1 heterocycles. The number of aromatic carboxylic acids is 1. The van der Waals surface area contributed by atoms with Gasteiger partial charge >= 0.3 is 5.97 Å². The van der Waals surface area contributed by atoms with Gasteiger partial charge in [0.05, 0.1) is 3.57 Å². The number of unbranched alkanes of at least 4 members (excludes halogenated alkanes) is 1. The minimum atomic E-state index is -0.959. The van der Waals surface area contributed by atoms with Crippen LogP contribution < -0.4 is 0 Å². The maximum absolute atomic E-state index is 10.6. The molecule has 0 saturated carbocycles. The Labute approximate surface area is 90.1 Å². The molecule has 0 aliphatic rings. The van der Waals surface area contributed by atoms with Crippen LogP contribution in [0.2, 0.25) is 0 Å². The van der Waals surface area contributed by atoms with Gasteiger partial charge in [0.2, 0.25) is 0 Å². The van der Waals surface area contributed by atoms with E-state index in [1.54, 1.807) is 10.9 Å². The minimum Gasteiger partial charge on any atom is -0.476 e. The summed E-state index contributed by atoms with van der Waals surface area (Å²) in [6.07, 6.45) is 3.87. The molecule has 1 rings (SSSR count). The van der Waals surface area contributed by atoms with E-state index < -0.39 is 5.97 Å². The SMILES string of the molecule is CCCCn1cc(I)c(C(=O)O)n1. The van der Waals surface area contributed by atoms with Crippen molar-refractivity contribution in [3.63, 3.8) is 0 Å².